The second kappa shape index (κ2) is 8.18. The zero-order chi connectivity index (χ0) is 18.5. The zero-order valence-electron chi connectivity index (χ0n) is 14.5. The first kappa shape index (κ1) is 18.2. The highest BCUT2D eigenvalue weighted by Crippen LogP contribution is 2.31. The third kappa shape index (κ3) is 4.32. The van der Waals surface area contributed by atoms with Crippen molar-refractivity contribution in [1.82, 2.24) is 4.90 Å². The number of rotatable bonds is 5. The normalized spacial score (nSPS) is 15.3. The first-order chi connectivity index (χ1) is 12.5. The van der Waals surface area contributed by atoms with Crippen molar-refractivity contribution in [1.29, 1.82) is 0 Å². The van der Waals surface area contributed by atoms with Gasteiger partial charge in [-0.3, -0.25) is 10.1 Å². The summed E-state index contributed by atoms with van der Waals surface area (Å²) >= 11 is 1.43. The minimum atomic E-state index is -0.772. The Morgan fingerprint density at radius 3 is 2.73 bits per heavy atom. The zero-order valence-corrected chi connectivity index (χ0v) is 15.3. The lowest BCUT2D eigenvalue weighted by molar-refractivity contribution is -0.384. The van der Waals surface area contributed by atoms with E-state index in [-0.39, 0.29) is 5.69 Å². The number of carbonyl (C=O) groups excluding carboxylic acids is 1. The lowest BCUT2D eigenvalue weighted by atomic mass is 10.1. The van der Waals surface area contributed by atoms with Gasteiger partial charge in [0.1, 0.15) is 5.69 Å². The van der Waals surface area contributed by atoms with Crippen molar-refractivity contribution >= 4 is 28.8 Å². The van der Waals surface area contributed by atoms with Gasteiger partial charge in [0.05, 0.1) is 9.80 Å². The molecular weight excluding hydrogens is 354 g/mol. The molecule has 1 saturated heterocycles. The van der Waals surface area contributed by atoms with Crippen LogP contribution in [0.5, 0.6) is 0 Å². The first-order valence-corrected chi connectivity index (χ1v) is 9.43. The fourth-order valence-electron chi connectivity index (χ4n) is 2.91. The lowest BCUT2D eigenvalue weighted by Gasteiger charge is -2.28. The Morgan fingerprint density at radius 1 is 1.31 bits per heavy atom. The predicted molar refractivity (Wildman–Crippen MR) is 100 cm³/mol. The van der Waals surface area contributed by atoms with Gasteiger partial charge in [-0.2, -0.15) is 0 Å². The minimum Gasteiger partial charge on any atom is -0.420 e. The van der Waals surface area contributed by atoms with Crippen molar-refractivity contribution in [2.75, 3.05) is 18.4 Å². The minimum absolute atomic E-state index is 0.0411. The molecule has 138 valence electrons. The van der Waals surface area contributed by atoms with E-state index >= 15 is 0 Å². The Bertz CT molecular complexity index is 773. The number of benzene rings is 1. The number of thiophene rings is 1. The molecule has 3 rings (SSSR count). The Kier molecular flexibility index (Phi) is 5.72. The van der Waals surface area contributed by atoms with Gasteiger partial charge in [0.25, 0.3) is 5.69 Å². The highest BCUT2D eigenvalue weighted by Gasteiger charge is 2.25. The number of nitrogens with zero attached hydrogens (tertiary/aromatic N) is 2. The van der Waals surface area contributed by atoms with Gasteiger partial charge in [-0.05, 0) is 49.3 Å². The Morgan fingerprint density at radius 2 is 2.08 bits per heavy atom. The van der Waals surface area contributed by atoms with E-state index < -0.39 is 17.2 Å². The molecule has 2 aromatic rings. The van der Waals surface area contributed by atoms with Gasteiger partial charge in [-0.1, -0.05) is 12.1 Å². The maximum Gasteiger partial charge on any atom is 0.411 e. The molecule has 0 saturated carbocycles. The highest BCUT2D eigenvalue weighted by atomic mass is 32.1. The van der Waals surface area contributed by atoms with Crippen molar-refractivity contribution in [3.8, 4) is 0 Å². The summed E-state index contributed by atoms with van der Waals surface area (Å²) in [6.07, 6.45) is 1.88. The molecule has 1 fully saturated rings. The van der Waals surface area contributed by atoms with E-state index in [2.05, 4.69) is 5.32 Å². The summed E-state index contributed by atoms with van der Waals surface area (Å²) in [6.45, 7) is 3.16. The quantitative estimate of drug-likeness (QED) is 0.465. The van der Waals surface area contributed by atoms with Gasteiger partial charge >= 0.3 is 6.09 Å². The van der Waals surface area contributed by atoms with Crippen LogP contribution in [0.25, 0.3) is 0 Å². The summed E-state index contributed by atoms with van der Waals surface area (Å²) in [6, 6.07) is 8.62. The number of hydrogen-bond donors (Lipinski definition) is 1. The summed E-state index contributed by atoms with van der Waals surface area (Å²) < 4.78 is 5.67. The molecule has 1 aromatic carbocycles. The third-order valence-electron chi connectivity index (χ3n) is 4.27. The number of hydrogen-bond acceptors (Lipinski definition) is 6. The number of ether oxygens (including phenoxy) is 1. The number of anilines is 1. The predicted octanol–water partition coefficient (Wildman–Crippen LogP) is 4.70. The topological polar surface area (TPSA) is 84.7 Å². The average Bonchev–Trinajstić information content (AvgIpc) is 3.17. The molecule has 1 aromatic heterocycles. The monoisotopic (exact) mass is 375 g/mol. The van der Waals surface area contributed by atoms with Crippen molar-refractivity contribution in [2.24, 2.45) is 0 Å². The number of nitrogens with one attached hydrogen (secondary N) is 1. The van der Waals surface area contributed by atoms with Crippen LogP contribution in [0.3, 0.4) is 0 Å². The van der Waals surface area contributed by atoms with Gasteiger partial charge < -0.3 is 15.0 Å². The standard InChI is InChI=1S/C18H21N3O4S/c1-13-7-8-14(15(12-13)21(23)24)19-17(16-6-5-11-26-16)25-18(22)20-9-3-2-4-10-20/h5-8,11-12,17,19H,2-4,9-10H2,1H3/t17-/m0/s1. The second-order valence-corrected chi connectivity index (χ2v) is 7.23. The molecule has 0 aliphatic carbocycles. The molecule has 0 radical (unpaired) electrons. The van der Waals surface area contributed by atoms with E-state index in [0.717, 1.165) is 29.7 Å². The van der Waals surface area contributed by atoms with Crippen molar-refractivity contribution in [3.05, 3.63) is 56.3 Å². The number of amides is 1. The molecule has 1 N–H and O–H groups in total. The number of aryl methyl sites for hydroxylation is 1. The van der Waals surface area contributed by atoms with Gasteiger partial charge in [0, 0.05) is 19.2 Å². The van der Waals surface area contributed by atoms with Crippen LogP contribution >= 0.6 is 11.3 Å². The number of nitro benzene ring substituents is 1. The van der Waals surface area contributed by atoms with E-state index in [1.165, 1.54) is 17.4 Å². The number of nitro groups is 1. The van der Waals surface area contributed by atoms with Gasteiger partial charge in [0.15, 0.2) is 0 Å². The molecule has 8 heteroatoms. The molecule has 0 unspecified atom stereocenters. The summed E-state index contributed by atoms with van der Waals surface area (Å²) in [4.78, 5) is 25.9. The van der Waals surface area contributed by atoms with Crippen LogP contribution in [0, 0.1) is 17.0 Å². The van der Waals surface area contributed by atoms with E-state index in [1.54, 1.807) is 24.0 Å². The van der Waals surface area contributed by atoms with Crippen molar-refractivity contribution in [3.63, 3.8) is 0 Å². The molecule has 2 heterocycles. The first-order valence-electron chi connectivity index (χ1n) is 8.55. The smallest absolute Gasteiger partial charge is 0.411 e. The van der Waals surface area contributed by atoms with Crippen LogP contribution in [-0.4, -0.2) is 29.0 Å². The third-order valence-corrected chi connectivity index (χ3v) is 5.19. The molecule has 0 bridgehead atoms. The van der Waals surface area contributed by atoms with Gasteiger partial charge in [0.2, 0.25) is 6.23 Å². The SMILES string of the molecule is Cc1ccc(N[C@@H](OC(=O)N2CCCCC2)c2cccs2)c([N+](=O)[O-])c1. The van der Waals surface area contributed by atoms with Crippen LogP contribution in [0.15, 0.2) is 35.7 Å². The van der Waals surface area contributed by atoms with Crippen molar-refractivity contribution < 1.29 is 14.5 Å². The van der Waals surface area contributed by atoms with E-state index in [0.29, 0.717) is 18.8 Å². The number of likely N-dealkylation sites (tertiary alicyclic amines) is 1. The molecule has 26 heavy (non-hydrogen) atoms. The van der Waals surface area contributed by atoms with Crippen LogP contribution < -0.4 is 5.32 Å². The molecule has 7 nitrogen and oxygen atoms in total. The summed E-state index contributed by atoms with van der Waals surface area (Å²) in [7, 11) is 0. The Balaban J connectivity index is 1.81. The number of piperidine rings is 1. The van der Waals surface area contributed by atoms with Gasteiger partial charge in [-0.15, -0.1) is 11.3 Å². The van der Waals surface area contributed by atoms with E-state index in [1.807, 2.05) is 17.5 Å². The molecule has 1 aliphatic heterocycles. The molecule has 1 amide bonds. The number of carbonyl (C=O) groups is 1. The van der Waals surface area contributed by atoms with E-state index in [4.69, 9.17) is 4.74 Å². The van der Waals surface area contributed by atoms with Crippen LogP contribution in [0.2, 0.25) is 0 Å². The fraction of sp³-hybridized carbons (Fsp3) is 0.389. The van der Waals surface area contributed by atoms with Crippen molar-refractivity contribution in [2.45, 2.75) is 32.4 Å². The molecule has 1 atom stereocenters. The van der Waals surface area contributed by atoms with Crippen LogP contribution in [0.1, 0.15) is 35.9 Å². The molecular formula is C18H21N3O4S. The summed E-state index contributed by atoms with van der Waals surface area (Å²) in [5.41, 5.74) is 1.08. The Hall–Kier alpha value is -2.61. The highest BCUT2D eigenvalue weighted by molar-refractivity contribution is 7.10. The maximum atomic E-state index is 12.5. The fourth-order valence-corrected chi connectivity index (χ4v) is 3.61. The average molecular weight is 375 g/mol. The second-order valence-electron chi connectivity index (χ2n) is 6.25. The van der Waals surface area contributed by atoms with Gasteiger partial charge in [-0.25, -0.2) is 4.79 Å². The Labute approximate surface area is 155 Å². The summed E-state index contributed by atoms with van der Waals surface area (Å²) in [5, 5.41) is 16.3. The molecule has 0 spiro atoms. The molecule has 1 aliphatic rings. The maximum absolute atomic E-state index is 12.5. The van der Waals surface area contributed by atoms with Crippen LogP contribution in [-0.2, 0) is 4.74 Å². The summed E-state index contributed by atoms with van der Waals surface area (Å²) in [5.74, 6) is 0. The van der Waals surface area contributed by atoms with E-state index in [9.17, 15) is 14.9 Å². The largest absolute Gasteiger partial charge is 0.420 e. The van der Waals surface area contributed by atoms with Crippen LogP contribution in [0.4, 0.5) is 16.2 Å². The lowest BCUT2D eigenvalue weighted by Crippen LogP contribution is -2.37.